The van der Waals surface area contributed by atoms with E-state index >= 15 is 0 Å². The summed E-state index contributed by atoms with van der Waals surface area (Å²) >= 11 is 0. The molecule has 0 aromatic carbocycles. The maximum atomic E-state index is 5.68. The third-order valence-electron chi connectivity index (χ3n) is 7.38. The zero-order valence-corrected chi connectivity index (χ0v) is 16.5. The molecule has 3 heterocycles. The van der Waals surface area contributed by atoms with Crippen LogP contribution >= 0.6 is 0 Å². The Morgan fingerprint density at radius 2 is 1.38 bits per heavy atom. The van der Waals surface area contributed by atoms with Gasteiger partial charge in [-0.2, -0.15) is 0 Å². The van der Waals surface area contributed by atoms with Gasteiger partial charge >= 0.3 is 0 Å². The van der Waals surface area contributed by atoms with Crippen molar-refractivity contribution in [3.8, 4) is 0 Å². The molecule has 0 aromatic heterocycles. The summed E-state index contributed by atoms with van der Waals surface area (Å²) in [7, 11) is 2.29. The summed E-state index contributed by atoms with van der Waals surface area (Å²) in [5, 5.41) is 0. The molecule has 3 aliphatic rings. The average molecular weight is 337 g/mol. The highest BCUT2D eigenvalue weighted by molar-refractivity contribution is 4.87. The monoisotopic (exact) mass is 336 g/mol. The van der Waals surface area contributed by atoms with Crippen LogP contribution in [0.1, 0.15) is 46.5 Å². The third-order valence-corrected chi connectivity index (χ3v) is 7.38. The van der Waals surface area contributed by atoms with Crippen molar-refractivity contribution in [3.05, 3.63) is 0 Å². The predicted octanol–water partition coefficient (Wildman–Crippen LogP) is 3.59. The first kappa shape index (κ1) is 18.7. The summed E-state index contributed by atoms with van der Waals surface area (Å²) in [5.74, 6) is 5.32. The molecule has 140 valence electrons. The van der Waals surface area contributed by atoms with Gasteiger partial charge in [-0.15, -0.1) is 0 Å². The lowest BCUT2D eigenvalue weighted by atomic mass is 9.81. The number of nitrogens with zero attached hydrogens (tertiary/aromatic N) is 2. The van der Waals surface area contributed by atoms with E-state index in [0.717, 1.165) is 48.7 Å². The maximum Gasteiger partial charge on any atom is 0.0497 e. The van der Waals surface area contributed by atoms with Gasteiger partial charge in [-0.1, -0.05) is 20.8 Å². The minimum atomic E-state index is 0.780. The van der Waals surface area contributed by atoms with E-state index in [-0.39, 0.29) is 0 Å². The summed E-state index contributed by atoms with van der Waals surface area (Å²) in [6.45, 7) is 15.7. The van der Waals surface area contributed by atoms with Crippen molar-refractivity contribution in [1.29, 1.82) is 0 Å². The van der Waals surface area contributed by atoms with Crippen LogP contribution in [0, 0.1) is 35.5 Å². The second-order valence-electron chi connectivity index (χ2n) is 9.26. The molecular weight excluding hydrogens is 296 g/mol. The van der Waals surface area contributed by atoms with Crippen LogP contribution < -0.4 is 0 Å². The first-order valence-electron chi connectivity index (χ1n) is 10.5. The van der Waals surface area contributed by atoms with Crippen LogP contribution in [-0.4, -0.2) is 62.8 Å². The van der Waals surface area contributed by atoms with Gasteiger partial charge in [0.1, 0.15) is 0 Å². The molecule has 0 bridgehead atoms. The summed E-state index contributed by atoms with van der Waals surface area (Å²) in [6.07, 6.45) is 5.73. The zero-order valence-electron chi connectivity index (χ0n) is 16.5. The topological polar surface area (TPSA) is 15.7 Å². The highest BCUT2D eigenvalue weighted by Crippen LogP contribution is 2.36. The molecule has 3 saturated heterocycles. The third kappa shape index (κ3) is 4.53. The SMILES string of the molecule is CCN1CC(CC[C@@H]2COCC2C)[C@H](CC[C@H]2CN(C)CC2C)C1. The number of rotatable bonds is 7. The van der Waals surface area contributed by atoms with Gasteiger partial charge in [-0.3, -0.25) is 0 Å². The Morgan fingerprint density at radius 1 is 0.750 bits per heavy atom. The Morgan fingerprint density at radius 3 is 1.88 bits per heavy atom. The minimum absolute atomic E-state index is 0.780. The number of hydrogen-bond donors (Lipinski definition) is 0. The van der Waals surface area contributed by atoms with Crippen LogP contribution in [-0.2, 0) is 4.74 Å². The van der Waals surface area contributed by atoms with Gasteiger partial charge < -0.3 is 14.5 Å². The van der Waals surface area contributed by atoms with E-state index in [1.807, 2.05) is 0 Å². The molecule has 0 aliphatic carbocycles. The van der Waals surface area contributed by atoms with Crippen molar-refractivity contribution < 1.29 is 4.74 Å². The molecule has 0 spiro atoms. The highest BCUT2D eigenvalue weighted by atomic mass is 16.5. The lowest BCUT2D eigenvalue weighted by molar-refractivity contribution is 0.178. The molecule has 3 aliphatic heterocycles. The lowest BCUT2D eigenvalue weighted by Gasteiger charge is -2.23. The maximum absolute atomic E-state index is 5.68. The van der Waals surface area contributed by atoms with Crippen molar-refractivity contribution in [2.24, 2.45) is 35.5 Å². The molecule has 0 radical (unpaired) electrons. The van der Waals surface area contributed by atoms with E-state index in [9.17, 15) is 0 Å². The van der Waals surface area contributed by atoms with Gasteiger partial charge in [0.25, 0.3) is 0 Å². The molecule has 0 aromatic rings. The predicted molar refractivity (Wildman–Crippen MR) is 101 cm³/mol. The van der Waals surface area contributed by atoms with Gasteiger partial charge in [0.2, 0.25) is 0 Å². The summed E-state index contributed by atoms with van der Waals surface area (Å²) in [5.41, 5.74) is 0. The van der Waals surface area contributed by atoms with E-state index in [1.165, 1.54) is 58.4 Å². The first-order valence-corrected chi connectivity index (χ1v) is 10.5. The van der Waals surface area contributed by atoms with E-state index in [1.54, 1.807) is 0 Å². The molecule has 3 nitrogen and oxygen atoms in total. The second kappa shape index (κ2) is 8.51. The fraction of sp³-hybridized carbons (Fsp3) is 1.00. The Bertz CT molecular complexity index is 388. The van der Waals surface area contributed by atoms with Crippen LogP contribution in [0.5, 0.6) is 0 Å². The normalized spacial score (nSPS) is 41.5. The van der Waals surface area contributed by atoms with Crippen molar-refractivity contribution in [3.63, 3.8) is 0 Å². The zero-order chi connectivity index (χ0) is 17.1. The molecule has 3 fully saturated rings. The summed E-state index contributed by atoms with van der Waals surface area (Å²) < 4.78 is 5.68. The van der Waals surface area contributed by atoms with Gasteiger partial charge in [-0.05, 0) is 74.8 Å². The average Bonchev–Trinajstić information content (AvgIpc) is 3.22. The number of hydrogen-bond acceptors (Lipinski definition) is 3. The highest BCUT2D eigenvalue weighted by Gasteiger charge is 2.35. The van der Waals surface area contributed by atoms with Gasteiger partial charge in [0, 0.05) is 39.4 Å². The molecule has 24 heavy (non-hydrogen) atoms. The Labute approximate surface area is 150 Å². The molecule has 3 heteroatoms. The van der Waals surface area contributed by atoms with E-state index in [4.69, 9.17) is 4.74 Å². The standard InChI is InChI=1S/C21H40N2O/c1-5-23-12-19(7-6-18-11-22(4)10-16(18)2)20(13-23)8-9-21-15-24-14-17(21)3/h16-21H,5-15H2,1-4H3/t16?,17?,18-,19+,20?,21+/m0/s1. The van der Waals surface area contributed by atoms with Gasteiger partial charge in [0.05, 0.1) is 0 Å². The number of likely N-dealkylation sites (tertiary alicyclic amines) is 2. The van der Waals surface area contributed by atoms with E-state index in [2.05, 4.69) is 37.6 Å². The molecular formula is C21H40N2O. The fourth-order valence-corrected chi connectivity index (χ4v) is 5.55. The van der Waals surface area contributed by atoms with Crippen molar-refractivity contribution in [1.82, 2.24) is 9.80 Å². The van der Waals surface area contributed by atoms with Crippen molar-refractivity contribution in [2.75, 3.05) is 53.0 Å². The van der Waals surface area contributed by atoms with E-state index in [0.29, 0.717) is 0 Å². The van der Waals surface area contributed by atoms with Crippen molar-refractivity contribution >= 4 is 0 Å². The lowest BCUT2D eigenvalue weighted by Crippen LogP contribution is -2.20. The molecule has 3 rings (SSSR count). The Balaban J connectivity index is 1.47. The molecule has 6 atom stereocenters. The van der Waals surface area contributed by atoms with Crippen LogP contribution in [0.3, 0.4) is 0 Å². The van der Waals surface area contributed by atoms with Crippen molar-refractivity contribution in [2.45, 2.75) is 46.5 Å². The summed E-state index contributed by atoms with van der Waals surface area (Å²) in [4.78, 5) is 5.23. The van der Waals surface area contributed by atoms with Crippen LogP contribution in [0.4, 0.5) is 0 Å². The van der Waals surface area contributed by atoms with Gasteiger partial charge in [0.15, 0.2) is 0 Å². The fourth-order valence-electron chi connectivity index (χ4n) is 5.55. The van der Waals surface area contributed by atoms with E-state index < -0.39 is 0 Å². The Kier molecular flexibility index (Phi) is 6.62. The smallest absolute Gasteiger partial charge is 0.0497 e. The van der Waals surface area contributed by atoms with Gasteiger partial charge in [-0.25, -0.2) is 0 Å². The molecule has 3 unspecified atom stereocenters. The number of ether oxygens (including phenoxy) is 1. The Hall–Kier alpha value is -0.120. The molecule has 0 N–H and O–H groups in total. The van der Waals surface area contributed by atoms with Crippen LogP contribution in [0.15, 0.2) is 0 Å². The van der Waals surface area contributed by atoms with Crippen LogP contribution in [0.25, 0.3) is 0 Å². The first-order chi connectivity index (χ1) is 11.6. The quantitative estimate of drug-likeness (QED) is 0.706. The molecule has 0 amide bonds. The largest absolute Gasteiger partial charge is 0.381 e. The minimum Gasteiger partial charge on any atom is -0.381 e. The van der Waals surface area contributed by atoms with Crippen LogP contribution in [0.2, 0.25) is 0 Å². The second-order valence-corrected chi connectivity index (χ2v) is 9.26. The molecule has 0 saturated carbocycles. The summed E-state index contributed by atoms with van der Waals surface area (Å²) in [6, 6.07) is 0.